The van der Waals surface area contributed by atoms with Crippen molar-refractivity contribution in [3.05, 3.63) is 192 Å². The predicted molar refractivity (Wildman–Crippen MR) is 218 cm³/mol. The Balaban J connectivity index is 0.00000139. The average molecular weight is 745 g/mol. The molecule has 7 rings (SSSR count). The van der Waals surface area contributed by atoms with Gasteiger partial charge in [0.05, 0.1) is 11.4 Å². The van der Waals surface area contributed by atoms with Crippen molar-refractivity contribution in [3.63, 3.8) is 0 Å². The quantitative estimate of drug-likeness (QED) is 0.102. The fraction of sp³-hybridized carbons (Fsp3) is 0. The van der Waals surface area contributed by atoms with Crippen LogP contribution >= 0.6 is 31.5 Å². The molecule has 6 aromatic carbocycles. The van der Waals surface area contributed by atoms with Gasteiger partial charge in [-0.1, -0.05) is 178 Å². The maximum absolute atomic E-state index is 4.77. The molecule has 0 amide bonds. The van der Waals surface area contributed by atoms with Gasteiger partial charge in [0.15, 0.2) is 0 Å². The van der Waals surface area contributed by atoms with Crippen molar-refractivity contribution in [2.45, 2.75) is 0 Å². The third kappa shape index (κ3) is 9.63. The molecule has 8 heteroatoms. The second-order valence-electron chi connectivity index (χ2n) is 11.5. The first-order chi connectivity index (χ1) is 24.7. The first-order valence-corrected chi connectivity index (χ1v) is 20.0. The molecule has 0 saturated heterocycles. The summed E-state index contributed by atoms with van der Waals surface area (Å²) in [5.74, 6) is 0. The van der Waals surface area contributed by atoms with Gasteiger partial charge < -0.3 is 0 Å². The van der Waals surface area contributed by atoms with Gasteiger partial charge >= 0.3 is 33.3 Å². The molecule has 0 bridgehead atoms. The maximum atomic E-state index is 4.77. The normalized spacial score (nSPS) is 11.0. The van der Waals surface area contributed by atoms with Crippen molar-refractivity contribution in [2.24, 2.45) is 9.98 Å². The Morgan fingerprint density at radius 1 is 0.380 bits per heavy atom. The zero-order valence-electron chi connectivity index (χ0n) is 27.0. The molecule has 0 fully saturated rings. The molecule has 50 heavy (non-hydrogen) atoms. The predicted octanol–water partition coefficient (Wildman–Crippen LogP) is 7.66. The molecule has 7 aromatic rings. The zero-order valence-corrected chi connectivity index (χ0v) is 30.5. The van der Waals surface area contributed by atoms with Crippen LogP contribution in [0.1, 0.15) is 9.75 Å². The van der Waals surface area contributed by atoms with Crippen molar-refractivity contribution in [1.82, 2.24) is 0 Å². The Bertz CT molecular complexity index is 1870. The van der Waals surface area contributed by atoms with Crippen molar-refractivity contribution < 1.29 is 13.1 Å². The Hall–Kier alpha value is -4.41. The number of rotatable bonds is 10. The van der Waals surface area contributed by atoms with Crippen LogP contribution in [-0.2, 0) is 13.1 Å². The van der Waals surface area contributed by atoms with Gasteiger partial charge in [-0.15, -0.1) is 11.3 Å². The van der Waals surface area contributed by atoms with Crippen LogP contribution in [0.25, 0.3) is 0 Å². The van der Waals surface area contributed by atoms with E-state index < -0.39 is 0 Å². The van der Waals surface area contributed by atoms with Crippen LogP contribution in [0.4, 0.5) is 11.4 Å². The summed E-state index contributed by atoms with van der Waals surface area (Å²) in [6, 6.07) is 64.1. The van der Waals surface area contributed by atoms with E-state index in [0.717, 1.165) is 21.1 Å². The van der Waals surface area contributed by atoms with E-state index in [9.17, 15) is 0 Å². The summed E-state index contributed by atoms with van der Waals surface area (Å²) < 4.78 is 0. The average Bonchev–Trinajstić information content (AvgIpc) is 3.64. The molecule has 0 N–H and O–H groups in total. The van der Waals surface area contributed by atoms with Crippen molar-refractivity contribution >= 4 is 102 Å². The molecular formula is C42H32B2Cl2FeN2S. The van der Waals surface area contributed by atoms with E-state index >= 15 is 0 Å². The third-order valence-electron chi connectivity index (χ3n) is 8.31. The van der Waals surface area contributed by atoms with Crippen LogP contribution < -0.4 is 32.8 Å². The van der Waals surface area contributed by atoms with E-state index in [1.807, 2.05) is 12.4 Å². The SMILES string of the molecule is C(=Nc1ccc(B(c2ccccc2)c2ccccc2)cc1)c1ccc(C=Nc2ccc(B(c3ccccc3)c3ccccc3)cc2)s1.[Cl][Fe][Cl]. The Morgan fingerprint density at radius 3 is 0.920 bits per heavy atom. The van der Waals surface area contributed by atoms with Crippen LogP contribution in [-0.4, -0.2) is 25.9 Å². The number of nitrogens with zero attached hydrogens (tertiary/aromatic N) is 2. The van der Waals surface area contributed by atoms with Crippen LogP contribution in [0.2, 0.25) is 0 Å². The van der Waals surface area contributed by atoms with Gasteiger partial charge in [-0.05, 0) is 36.4 Å². The van der Waals surface area contributed by atoms with Gasteiger partial charge in [0.1, 0.15) is 0 Å². The molecule has 244 valence electrons. The molecule has 0 aliphatic rings. The van der Waals surface area contributed by atoms with Crippen LogP contribution in [0.15, 0.2) is 192 Å². The van der Waals surface area contributed by atoms with E-state index in [-0.39, 0.29) is 26.6 Å². The summed E-state index contributed by atoms with van der Waals surface area (Å²) in [5.41, 5.74) is 9.48. The first kappa shape index (κ1) is 35.4. The summed E-state index contributed by atoms with van der Waals surface area (Å²) in [5, 5.41) is 0. The molecule has 0 saturated carbocycles. The Kier molecular flexibility index (Phi) is 13.1. The molecule has 0 atom stereocenters. The van der Waals surface area contributed by atoms with E-state index in [2.05, 4.69) is 182 Å². The van der Waals surface area contributed by atoms with Crippen molar-refractivity contribution in [3.8, 4) is 0 Å². The summed E-state index contributed by atoms with van der Waals surface area (Å²) >= 11 is 1.87. The number of aliphatic imine (C=N–C) groups is 2. The number of halogens is 2. The topological polar surface area (TPSA) is 24.7 Å². The first-order valence-electron chi connectivity index (χ1n) is 16.1. The Morgan fingerprint density at radius 2 is 0.640 bits per heavy atom. The van der Waals surface area contributed by atoms with Gasteiger partial charge in [0, 0.05) is 22.2 Å². The van der Waals surface area contributed by atoms with Crippen LogP contribution in [0, 0.1) is 0 Å². The van der Waals surface area contributed by atoms with Crippen LogP contribution in [0.3, 0.4) is 0 Å². The summed E-state index contributed by atoms with van der Waals surface area (Å²) in [7, 11) is 9.53. The summed E-state index contributed by atoms with van der Waals surface area (Å²) in [6.07, 6.45) is 3.87. The third-order valence-corrected chi connectivity index (χ3v) is 9.27. The van der Waals surface area contributed by atoms with Gasteiger partial charge in [0.25, 0.3) is 0 Å². The molecular weight excluding hydrogens is 713 g/mol. The molecule has 0 radical (unpaired) electrons. The summed E-state index contributed by atoms with van der Waals surface area (Å²) in [6.45, 7) is 0.361. The molecule has 0 spiro atoms. The van der Waals surface area contributed by atoms with Gasteiger partial charge in [0.2, 0.25) is 13.4 Å². The van der Waals surface area contributed by atoms with Crippen molar-refractivity contribution in [1.29, 1.82) is 0 Å². The van der Waals surface area contributed by atoms with Crippen LogP contribution in [0.5, 0.6) is 0 Å². The monoisotopic (exact) mass is 744 g/mol. The van der Waals surface area contributed by atoms with Crippen molar-refractivity contribution in [2.75, 3.05) is 0 Å². The van der Waals surface area contributed by atoms with E-state index in [1.54, 1.807) is 11.3 Å². The number of hydrogen-bond acceptors (Lipinski definition) is 3. The van der Waals surface area contributed by atoms with E-state index in [0.29, 0.717) is 0 Å². The standard InChI is InChI=1S/C42H32B2N2S.2ClH.Fe/c1-5-13-33(14-6-1)43(34-15-7-2-8-16-34)37-21-25-39(26-22-37)45-31-41-29-30-42(47-41)32-46-40-27-23-38(24-28-40)44(35-17-9-3-10-18-35)36-19-11-4-12-20-36;;;/h1-32H;2*1H;/q;;;+2/p-2. The van der Waals surface area contributed by atoms with E-state index in [4.69, 9.17) is 30.2 Å². The molecule has 1 aromatic heterocycles. The number of hydrogen-bond donors (Lipinski definition) is 0. The number of benzene rings is 6. The minimum atomic E-state index is 0.180. The van der Waals surface area contributed by atoms with Gasteiger partial charge in [-0.2, -0.15) is 0 Å². The fourth-order valence-corrected chi connectivity index (χ4v) is 6.78. The number of thiophene rings is 1. The van der Waals surface area contributed by atoms with Gasteiger partial charge in [-0.25, -0.2) is 0 Å². The Labute approximate surface area is 314 Å². The molecule has 2 nitrogen and oxygen atoms in total. The second-order valence-corrected chi connectivity index (χ2v) is 14.5. The summed E-state index contributed by atoms with van der Waals surface area (Å²) in [4.78, 5) is 11.7. The molecule has 0 unspecified atom stereocenters. The fourth-order valence-electron chi connectivity index (χ4n) is 6.03. The zero-order chi connectivity index (χ0) is 34.4. The molecule has 1 heterocycles. The molecule has 0 aliphatic heterocycles. The minimum absolute atomic E-state index is 0.180. The molecule has 0 aliphatic carbocycles. The second kappa shape index (κ2) is 18.5. The van der Waals surface area contributed by atoms with E-state index in [1.165, 1.54) is 32.8 Å². The van der Waals surface area contributed by atoms with Gasteiger partial charge in [-0.3, -0.25) is 9.98 Å².